The quantitative estimate of drug-likeness (QED) is 0.395. The molecule has 36 heavy (non-hydrogen) atoms. The number of carboxylic acid groups (broad SMARTS) is 1. The summed E-state index contributed by atoms with van der Waals surface area (Å²) in [7, 11) is 0. The lowest BCUT2D eigenvalue weighted by atomic mass is 10.1. The smallest absolute Gasteiger partial charge is 0.416 e. The van der Waals surface area contributed by atoms with Gasteiger partial charge in [-0.3, -0.25) is 4.57 Å². The number of carbonyl (C=O) groups is 2. The van der Waals surface area contributed by atoms with E-state index in [1.807, 2.05) is 0 Å². The highest BCUT2D eigenvalue weighted by molar-refractivity contribution is 5.98. The number of alkyl halides is 3. The van der Waals surface area contributed by atoms with Gasteiger partial charge in [-0.15, -0.1) is 0 Å². The number of rotatable bonds is 3. The lowest BCUT2D eigenvalue weighted by Crippen LogP contribution is -2.35. The SMILES string of the molecule is O=C(O)N1CCc2ncnc(Oc3ccc4c(ccn4C(=O)Nc4cccc(C(F)(F)F)c4)c3)c2C1. The third-order valence-electron chi connectivity index (χ3n) is 5.77. The van der Waals surface area contributed by atoms with Crippen molar-refractivity contribution in [3.63, 3.8) is 0 Å². The number of nitrogens with zero attached hydrogens (tertiary/aromatic N) is 4. The number of hydrogen-bond donors (Lipinski definition) is 2. The van der Waals surface area contributed by atoms with Gasteiger partial charge in [0.2, 0.25) is 5.88 Å². The zero-order valence-electron chi connectivity index (χ0n) is 18.5. The van der Waals surface area contributed by atoms with Crippen LogP contribution in [-0.2, 0) is 19.1 Å². The second kappa shape index (κ2) is 8.87. The summed E-state index contributed by atoms with van der Waals surface area (Å²) in [6, 6.07) is 10.3. The summed E-state index contributed by atoms with van der Waals surface area (Å²) in [6.45, 7) is 0.440. The van der Waals surface area contributed by atoms with E-state index < -0.39 is 23.9 Å². The van der Waals surface area contributed by atoms with E-state index in [2.05, 4.69) is 15.3 Å². The maximum absolute atomic E-state index is 13.0. The van der Waals surface area contributed by atoms with E-state index in [4.69, 9.17) is 4.74 Å². The van der Waals surface area contributed by atoms with Crippen LogP contribution in [0.5, 0.6) is 11.6 Å². The summed E-state index contributed by atoms with van der Waals surface area (Å²) in [6.07, 6.45) is -2.26. The minimum absolute atomic E-state index is 0.0144. The number of hydrogen-bond acceptors (Lipinski definition) is 5. The molecule has 2 aromatic carbocycles. The van der Waals surface area contributed by atoms with Crippen LogP contribution >= 0.6 is 0 Å². The van der Waals surface area contributed by atoms with E-state index in [0.717, 1.165) is 17.8 Å². The number of anilines is 1. The lowest BCUT2D eigenvalue weighted by molar-refractivity contribution is -0.137. The molecule has 2 amide bonds. The zero-order chi connectivity index (χ0) is 25.4. The summed E-state index contributed by atoms with van der Waals surface area (Å²) >= 11 is 0. The molecule has 2 N–H and O–H groups in total. The lowest BCUT2D eigenvalue weighted by Gasteiger charge is -2.26. The van der Waals surface area contributed by atoms with Crippen molar-refractivity contribution in [1.29, 1.82) is 0 Å². The van der Waals surface area contributed by atoms with Crippen LogP contribution in [0.15, 0.2) is 61.1 Å². The molecular weight excluding hydrogens is 479 g/mol. The van der Waals surface area contributed by atoms with Crippen LogP contribution in [0.1, 0.15) is 16.8 Å². The predicted molar refractivity (Wildman–Crippen MR) is 122 cm³/mol. The van der Waals surface area contributed by atoms with Gasteiger partial charge in [0.05, 0.1) is 28.9 Å². The van der Waals surface area contributed by atoms with Crippen molar-refractivity contribution < 1.29 is 32.6 Å². The molecule has 4 aromatic rings. The van der Waals surface area contributed by atoms with Crippen LogP contribution in [0.4, 0.5) is 28.4 Å². The first-order valence-electron chi connectivity index (χ1n) is 10.8. The Kier molecular flexibility index (Phi) is 5.71. The van der Waals surface area contributed by atoms with Crippen LogP contribution in [0.2, 0.25) is 0 Å². The van der Waals surface area contributed by atoms with E-state index >= 15 is 0 Å². The number of ether oxygens (including phenoxy) is 1. The Morgan fingerprint density at radius 2 is 1.92 bits per heavy atom. The molecule has 1 aliphatic rings. The average molecular weight is 497 g/mol. The van der Waals surface area contributed by atoms with Crippen molar-refractivity contribution >= 4 is 28.7 Å². The Morgan fingerprint density at radius 1 is 1.08 bits per heavy atom. The summed E-state index contributed by atoms with van der Waals surface area (Å²) in [4.78, 5) is 33.8. The fourth-order valence-electron chi connectivity index (χ4n) is 4.00. The monoisotopic (exact) mass is 497 g/mol. The van der Waals surface area contributed by atoms with Crippen molar-refractivity contribution in [1.82, 2.24) is 19.4 Å². The Bertz CT molecular complexity index is 1480. The number of aromatic nitrogens is 3. The van der Waals surface area contributed by atoms with Gasteiger partial charge in [0.15, 0.2) is 0 Å². The van der Waals surface area contributed by atoms with Crippen LogP contribution < -0.4 is 10.1 Å². The third-order valence-corrected chi connectivity index (χ3v) is 5.77. The first kappa shape index (κ1) is 23.1. The van der Waals surface area contributed by atoms with Gasteiger partial charge in [0.25, 0.3) is 0 Å². The molecular formula is C24H18F3N5O4. The van der Waals surface area contributed by atoms with Gasteiger partial charge < -0.3 is 20.1 Å². The number of nitrogens with one attached hydrogen (secondary N) is 1. The van der Waals surface area contributed by atoms with Gasteiger partial charge in [-0.25, -0.2) is 19.6 Å². The predicted octanol–water partition coefficient (Wildman–Crippen LogP) is 5.36. The van der Waals surface area contributed by atoms with Gasteiger partial charge in [0.1, 0.15) is 12.1 Å². The minimum Gasteiger partial charge on any atom is -0.465 e. The Morgan fingerprint density at radius 3 is 2.69 bits per heavy atom. The maximum Gasteiger partial charge on any atom is 0.416 e. The maximum atomic E-state index is 13.0. The van der Waals surface area contributed by atoms with Crippen molar-refractivity contribution in [2.75, 3.05) is 11.9 Å². The van der Waals surface area contributed by atoms with Crippen molar-refractivity contribution in [2.24, 2.45) is 0 Å². The van der Waals surface area contributed by atoms with Crippen LogP contribution in [0.3, 0.4) is 0 Å². The third kappa shape index (κ3) is 4.52. The van der Waals surface area contributed by atoms with Crippen LogP contribution in [-0.4, -0.2) is 43.2 Å². The molecule has 0 unspecified atom stereocenters. The topological polar surface area (TPSA) is 110 Å². The molecule has 0 spiro atoms. The molecule has 0 radical (unpaired) electrons. The van der Waals surface area contributed by atoms with E-state index in [1.165, 1.54) is 34.1 Å². The summed E-state index contributed by atoms with van der Waals surface area (Å²) < 4.78 is 46.1. The molecule has 184 valence electrons. The van der Waals surface area contributed by atoms with Crippen molar-refractivity contribution in [3.05, 3.63) is 77.9 Å². The Labute approximate surface area is 201 Å². The second-order valence-corrected chi connectivity index (χ2v) is 8.08. The zero-order valence-corrected chi connectivity index (χ0v) is 18.5. The normalized spacial score (nSPS) is 13.4. The van der Waals surface area contributed by atoms with E-state index in [9.17, 15) is 27.9 Å². The van der Waals surface area contributed by atoms with Gasteiger partial charge in [0, 0.05) is 30.2 Å². The Hall–Kier alpha value is -4.61. The molecule has 12 heteroatoms. The number of benzene rings is 2. The molecule has 0 fully saturated rings. The van der Waals surface area contributed by atoms with Gasteiger partial charge in [-0.1, -0.05) is 6.07 Å². The van der Waals surface area contributed by atoms with Crippen molar-refractivity contribution in [2.45, 2.75) is 19.1 Å². The van der Waals surface area contributed by atoms with Gasteiger partial charge in [-0.05, 0) is 42.5 Å². The molecule has 0 saturated heterocycles. The number of halogens is 3. The number of carbonyl (C=O) groups excluding carboxylic acids is 1. The van der Waals surface area contributed by atoms with Gasteiger partial charge in [-0.2, -0.15) is 13.2 Å². The molecule has 0 saturated carbocycles. The number of fused-ring (bicyclic) bond motifs is 2. The molecule has 9 nitrogen and oxygen atoms in total. The first-order chi connectivity index (χ1) is 17.2. The second-order valence-electron chi connectivity index (χ2n) is 8.08. The van der Waals surface area contributed by atoms with Gasteiger partial charge >= 0.3 is 18.3 Å². The summed E-state index contributed by atoms with van der Waals surface area (Å²) in [5, 5.41) is 12.4. The highest BCUT2D eigenvalue weighted by Crippen LogP contribution is 2.32. The molecule has 0 bridgehead atoms. The molecule has 2 aromatic heterocycles. The molecule has 5 rings (SSSR count). The van der Waals surface area contributed by atoms with E-state index in [1.54, 1.807) is 24.3 Å². The summed E-state index contributed by atoms with van der Waals surface area (Å²) in [5.74, 6) is 0.652. The standard InChI is InChI=1S/C24H18F3N5O4/c25-24(26,27)15-2-1-3-16(11-15)30-22(33)32-9-6-14-10-17(4-5-20(14)32)36-21-18-12-31(23(34)35)8-7-19(18)28-13-29-21/h1-6,9-11,13H,7-8,12H2,(H,30,33)(H,34,35). The molecule has 0 atom stereocenters. The molecule has 0 aliphatic carbocycles. The molecule has 3 heterocycles. The number of amides is 2. The fraction of sp³-hybridized carbons (Fsp3) is 0.167. The fourth-order valence-corrected chi connectivity index (χ4v) is 4.00. The Balaban J connectivity index is 1.37. The summed E-state index contributed by atoms with van der Waals surface area (Å²) in [5.41, 5.74) is 0.965. The largest absolute Gasteiger partial charge is 0.465 e. The highest BCUT2D eigenvalue weighted by atomic mass is 19.4. The molecule has 1 aliphatic heterocycles. The first-order valence-corrected chi connectivity index (χ1v) is 10.8. The van der Waals surface area contributed by atoms with E-state index in [0.29, 0.717) is 35.2 Å². The average Bonchev–Trinajstić information content (AvgIpc) is 3.27. The highest BCUT2D eigenvalue weighted by Gasteiger charge is 2.30. The van der Waals surface area contributed by atoms with Crippen LogP contribution in [0, 0.1) is 0 Å². The van der Waals surface area contributed by atoms with E-state index in [-0.39, 0.29) is 18.1 Å². The minimum atomic E-state index is -4.52. The van der Waals surface area contributed by atoms with Crippen LogP contribution in [0.25, 0.3) is 10.9 Å². The van der Waals surface area contributed by atoms with Crippen molar-refractivity contribution in [3.8, 4) is 11.6 Å².